The first-order valence-corrected chi connectivity index (χ1v) is 15.7. The van der Waals surface area contributed by atoms with Gasteiger partial charge in [-0.15, -0.1) is 0 Å². The van der Waals surface area contributed by atoms with Crippen LogP contribution >= 0.6 is 0 Å². The molecule has 0 aromatic heterocycles. The van der Waals surface area contributed by atoms with E-state index in [4.69, 9.17) is 14.2 Å². The van der Waals surface area contributed by atoms with E-state index in [1.54, 1.807) is 38.3 Å². The Balaban J connectivity index is 2.09. The van der Waals surface area contributed by atoms with Gasteiger partial charge in [-0.1, -0.05) is 26.0 Å². The second-order valence-electron chi connectivity index (χ2n) is 10.1. The lowest BCUT2D eigenvalue weighted by molar-refractivity contribution is -0.140. The average molecular weight is 630 g/mol. The van der Waals surface area contributed by atoms with Crippen LogP contribution in [0.4, 0.5) is 10.1 Å². The molecule has 0 heterocycles. The zero-order valence-electron chi connectivity index (χ0n) is 25.9. The number of nitrogens with zero attached hydrogens (tertiary/aromatic N) is 2. The van der Waals surface area contributed by atoms with Crippen molar-refractivity contribution < 1.29 is 36.6 Å². The predicted molar refractivity (Wildman–Crippen MR) is 166 cm³/mol. The molecule has 2 amide bonds. The number of anilines is 1. The van der Waals surface area contributed by atoms with Gasteiger partial charge in [-0.3, -0.25) is 13.9 Å². The summed E-state index contributed by atoms with van der Waals surface area (Å²) in [6.45, 7) is 4.96. The van der Waals surface area contributed by atoms with E-state index in [2.05, 4.69) is 5.32 Å². The van der Waals surface area contributed by atoms with Crippen molar-refractivity contribution in [3.63, 3.8) is 0 Å². The summed E-state index contributed by atoms with van der Waals surface area (Å²) in [5.41, 5.74) is 0.779. The Morgan fingerprint density at radius 2 is 1.50 bits per heavy atom. The minimum absolute atomic E-state index is 0.0307. The standard InChI is InChI=1S/C32H40FN3O7S/c1-7-22(3)34-32(38)28(8-2)35(20-23-9-15-26(41-4)16-10-23)31(37)21-36(25-13-11-24(33)12-14-25)44(39,40)27-17-18-29(42-5)30(19-27)43-6/h9-19,22,28H,7-8,20-21H2,1-6H3,(H,34,38)/t22-,28-/m1/s1. The summed E-state index contributed by atoms with van der Waals surface area (Å²) in [7, 11) is -0.0562. The first kappa shape index (κ1) is 34.2. The van der Waals surface area contributed by atoms with Crippen molar-refractivity contribution in [2.24, 2.45) is 0 Å². The molecule has 0 unspecified atom stereocenters. The first-order valence-electron chi connectivity index (χ1n) is 14.2. The molecule has 1 N–H and O–H groups in total. The highest BCUT2D eigenvalue weighted by atomic mass is 32.2. The Morgan fingerprint density at radius 3 is 2.05 bits per heavy atom. The van der Waals surface area contributed by atoms with Crippen molar-refractivity contribution >= 4 is 27.5 Å². The molecular formula is C32H40FN3O7S. The van der Waals surface area contributed by atoms with E-state index in [9.17, 15) is 22.4 Å². The third-order valence-corrected chi connectivity index (χ3v) is 9.01. The summed E-state index contributed by atoms with van der Waals surface area (Å²) < 4.78 is 58.8. The van der Waals surface area contributed by atoms with Crippen LogP contribution in [0.25, 0.3) is 0 Å². The van der Waals surface area contributed by atoms with Crippen LogP contribution in [0.15, 0.2) is 71.6 Å². The van der Waals surface area contributed by atoms with Gasteiger partial charge in [0.1, 0.15) is 24.2 Å². The molecule has 0 saturated carbocycles. The van der Waals surface area contributed by atoms with Crippen LogP contribution in [0.3, 0.4) is 0 Å². The number of benzene rings is 3. The van der Waals surface area contributed by atoms with E-state index in [1.807, 2.05) is 13.8 Å². The Bertz CT molecular complexity index is 1520. The van der Waals surface area contributed by atoms with Crippen LogP contribution in [0.5, 0.6) is 17.2 Å². The molecule has 0 spiro atoms. The number of hydrogen-bond acceptors (Lipinski definition) is 7. The van der Waals surface area contributed by atoms with Gasteiger partial charge in [0.15, 0.2) is 11.5 Å². The van der Waals surface area contributed by atoms with E-state index in [-0.39, 0.29) is 41.2 Å². The second-order valence-corrected chi connectivity index (χ2v) is 12.0. The van der Waals surface area contributed by atoms with Gasteiger partial charge in [0.2, 0.25) is 11.8 Å². The summed E-state index contributed by atoms with van der Waals surface area (Å²) in [5, 5.41) is 2.94. The molecule has 3 aromatic carbocycles. The lowest BCUT2D eigenvalue weighted by Crippen LogP contribution is -2.53. The zero-order valence-corrected chi connectivity index (χ0v) is 26.7. The quantitative estimate of drug-likeness (QED) is 0.258. The Kier molecular flexibility index (Phi) is 12.0. The smallest absolute Gasteiger partial charge is 0.264 e. The van der Waals surface area contributed by atoms with E-state index >= 15 is 0 Å². The fourth-order valence-electron chi connectivity index (χ4n) is 4.53. The van der Waals surface area contributed by atoms with Gasteiger partial charge in [-0.25, -0.2) is 12.8 Å². The SMILES string of the molecule is CC[C@@H](C)NC(=O)[C@@H](CC)N(Cc1ccc(OC)cc1)C(=O)CN(c1ccc(F)cc1)S(=O)(=O)c1ccc(OC)c(OC)c1. The number of ether oxygens (including phenoxy) is 3. The third-order valence-electron chi connectivity index (χ3n) is 7.24. The van der Waals surface area contributed by atoms with Crippen LogP contribution < -0.4 is 23.8 Å². The largest absolute Gasteiger partial charge is 0.497 e. The molecule has 0 saturated heterocycles. The van der Waals surface area contributed by atoms with E-state index < -0.39 is 34.3 Å². The van der Waals surface area contributed by atoms with E-state index in [1.165, 1.54) is 49.5 Å². The number of carbonyl (C=O) groups excluding carboxylic acids is 2. The normalized spacial score (nSPS) is 12.5. The molecule has 0 radical (unpaired) electrons. The van der Waals surface area contributed by atoms with Gasteiger partial charge in [0, 0.05) is 18.7 Å². The number of nitrogens with one attached hydrogen (secondary N) is 1. The van der Waals surface area contributed by atoms with Gasteiger partial charge in [-0.2, -0.15) is 0 Å². The van der Waals surface area contributed by atoms with Crippen LogP contribution in [0, 0.1) is 5.82 Å². The lowest BCUT2D eigenvalue weighted by Gasteiger charge is -2.33. The second kappa shape index (κ2) is 15.4. The predicted octanol–water partition coefficient (Wildman–Crippen LogP) is 4.77. The molecular weight excluding hydrogens is 589 g/mol. The number of carbonyl (C=O) groups is 2. The molecule has 0 bridgehead atoms. The van der Waals surface area contributed by atoms with Gasteiger partial charge in [0.25, 0.3) is 10.0 Å². The van der Waals surface area contributed by atoms with Gasteiger partial charge in [0.05, 0.1) is 31.9 Å². The average Bonchev–Trinajstić information content (AvgIpc) is 3.03. The molecule has 0 fully saturated rings. The monoisotopic (exact) mass is 629 g/mol. The minimum atomic E-state index is -4.40. The molecule has 3 aromatic rings. The van der Waals surface area contributed by atoms with Crippen molar-refractivity contribution in [2.75, 3.05) is 32.2 Å². The van der Waals surface area contributed by atoms with Crippen LogP contribution in [-0.2, 0) is 26.2 Å². The molecule has 12 heteroatoms. The molecule has 0 aliphatic carbocycles. The fourth-order valence-corrected chi connectivity index (χ4v) is 5.96. The van der Waals surface area contributed by atoms with Crippen molar-refractivity contribution in [2.45, 2.75) is 57.1 Å². The van der Waals surface area contributed by atoms with Crippen molar-refractivity contribution in [3.8, 4) is 17.2 Å². The Morgan fingerprint density at radius 1 is 0.864 bits per heavy atom. The van der Waals surface area contributed by atoms with Gasteiger partial charge < -0.3 is 24.4 Å². The molecule has 2 atom stereocenters. The summed E-state index contributed by atoms with van der Waals surface area (Å²) in [6, 6.07) is 14.9. The molecule has 238 valence electrons. The summed E-state index contributed by atoms with van der Waals surface area (Å²) in [6.07, 6.45) is 0.972. The molecule has 0 aliphatic heterocycles. The number of sulfonamides is 1. The number of rotatable bonds is 15. The minimum Gasteiger partial charge on any atom is -0.497 e. The summed E-state index contributed by atoms with van der Waals surface area (Å²) in [5.74, 6) is -0.429. The van der Waals surface area contributed by atoms with Crippen molar-refractivity contribution in [3.05, 3.63) is 78.1 Å². The maximum atomic E-state index is 14.2. The maximum Gasteiger partial charge on any atom is 0.264 e. The molecule has 44 heavy (non-hydrogen) atoms. The Hall–Kier alpha value is -4.32. The van der Waals surface area contributed by atoms with Gasteiger partial charge in [-0.05, 0) is 73.9 Å². The first-order chi connectivity index (χ1) is 21.0. The highest BCUT2D eigenvalue weighted by molar-refractivity contribution is 7.92. The highest BCUT2D eigenvalue weighted by Crippen LogP contribution is 2.32. The van der Waals surface area contributed by atoms with E-state index in [0.29, 0.717) is 23.5 Å². The van der Waals surface area contributed by atoms with Crippen molar-refractivity contribution in [1.29, 1.82) is 0 Å². The number of amides is 2. The number of methoxy groups -OCH3 is 3. The maximum absolute atomic E-state index is 14.2. The van der Waals surface area contributed by atoms with Crippen LogP contribution in [-0.4, -0.2) is 65.1 Å². The fraction of sp³-hybridized carbons (Fsp3) is 0.375. The topological polar surface area (TPSA) is 114 Å². The van der Waals surface area contributed by atoms with Gasteiger partial charge >= 0.3 is 0 Å². The Labute approximate surface area is 258 Å². The summed E-state index contributed by atoms with van der Waals surface area (Å²) in [4.78, 5) is 28.8. The number of halogens is 1. The molecule has 0 aliphatic rings. The summed E-state index contributed by atoms with van der Waals surface area (Å²) >= 11 is 0. The lowest BCUT2D eigenvalue weighted by atomic mass is 10.1. The molecule has 10 nitrogen and oxygen atoms in total. The van der Waals surface area contributed by atoms with Crippen LogP contribution in [0.2, 0.25) is 0 Å². The van der Waals surface area contributed by atoms with Crippen LogP contribution in [0.1, 0.15) is 39.2 Å². The highest BCUT2D eigenvalue weighted by Gasteiger charge is 2.34. The zero-order chi connectivity index (χ0) is 32.4. The molecule has 3 rings (SSSR count). The van der Waals surface area contributed by atoms with Crippen molar-refractivity contribution in [1.82, 2.24) is 10.2 Å². The third kappa shape index (κ3) is 8.19. The van der Waals surface area contributed by atoms with E-state index in [0.717, 1.165) is 16.4 Å². The number of hydrogen-bond donors (Lipinski definition) is 1.